The highest BCUT2D eigenvalue weighted by molar-refractivity contribution is 6.30. The van der Waals surface area contributed by atoms with Gasteiger partial charge in [-0.15, -0.1) is 0 Å². The quantitative estimate of drug-likeness (QED) is 0.772. The van der Waals surface area contributed by atoms with Crippen LogP contribution in [0.5, 0.6) is 5.75 Å². The van der Waals surface area contributed by atoms with E-state index in [9.17, 15) is 14.3 Å². The second-order valence-corrected chi connectivity index (χ2v) is 7.67. The third-order valence-electron chi connectivity index (χ3n) is 5.35. The Kier molecular flexibility index (Phi) is 6.06. The van der Waals surface area contributed by atoms with Gasteiger partial charge >= 0.3 is 0 Å². The van der Waals surface area contributed by atoms with Crippen molar-refractivity contribution in [2.24, 2.45) is 11.7 Å². The van der Waals surface area contributed by atoms with E-state index in [-0.39, 0.29) is 24.1 Å². The van der Waals surface area contributed by atoms with Gasteiger partial charge in [-0.1, -0.05) is 50.1 Å². The molecular formula is C22H24ClFN2O2. The molecule has 0 spiro atoms. The highest BCUT2D eigenvalue weighted by Gasteiger charge is 2.35. The number of aromatic hydroxyl groups is 1. The van der Waals surface area contributed by atoms with Crippen LogP contribution in [0, 0.1) is 11.7 Å². The van der Waals surface area contributed by atoms with E-state index in [1.54, 1.807) is 29.2 Å². The molecule has 0 aliphatic carbocycles. The normalized spacial score (nSPS) is 18.7. The molecule has 6 heteroatoms. The van der Waals surface area contributed by atoms with Crippen LogP contribution in [-0.4, -0.2) is 28.5 Å². The van der Waals surface area contributed by atoms with Crippen molar-refractivity contribution >= 4 is 23.1 Å². The summed E-state index contributed by atoms with van der Waals surface area (Å²) in [5, 5.41) is 10.3. The molecule has 1 amide bonds. The Bertz CT molecular complexity index is 915. The molecule has 0 saturated carbocycles. The third kappa shape index (κ3) is 4.05. The van der Waals surface area contributed by atoms with Gasteiger partial charge in [0.25, 0.3) is 0 Å². The molecule has 3 atom stereocenters. The molecule has 148 valence electrons. The van der Waals surface area contributed by atoms with Gasteiger partial charge in [0.05, 0.1) is 12.1 Å². The highest BCUT2D eigenvalue weighted by Crippen LogP contribution is 2.37. The van der Waals surface area contributed by atoms with Crippen LogP contribution in [-0.2, 0) is 4.79 Å². The second-order valence-electron chi connectivity index (χ2n) is 7.23. The number of nitrogens with zero attached hydrogens (tertiary/aromatic N) is 1. The van der Waals surface area contributed by atoms with Crippen molar-refractivity contribution < 1.29 is 14.3 Å². The van der Waals surface area contributed by atoms with Crippen LogP contribution in [0.4, 0.5) is 4.39 Å². The number of phenolic OH excluding ortho intramolecular Hbond substituents is 1. The van der Waals surface area contributed by atoms with Crippen molar-refractivity contribution in [2.75, 3.05) is 6.54 Å². The molecule has 1 aliphatic heterocycles. The number of amides is 1. The number of phenols is 1. The lowest BCUT2D eigenvalue weighted by Gasteiger charge is -2.30. The molecule has 0 aromatic heterocycles. The van der Waals surface area contributed by atoms with Gasteiger partial charge in [-0.05, 0) is 47.4 Å². The Balaban J connectivity index is 2.02. The van der Waals surface area contributed by atoms with Crippen LogP contribution in [0.25, 0.3) is 5.57 Å². The zero-order chi connectivity index (χ0) is 20.4. The van der Waals surface area contributed by atoms with Crippen molar-refractivity contribution in [3.8, 4) is 5.75 Å². The fourth-order valence-corrected chi connectivity index (χ4v) is 3.59. The molecule has 1 heterocycles. The molecule has 0 saturated heterocycles. The average molecular weight is 403 g/mol. The first-order chi connectivity index (χ1) is 13.3. The summed E-state index contributed by atoms with van der Waals surface area (Å²) in [5.41, 5.74) is 7.97. The Morgan fingerprint density at radius 1 is 1.36 bits per heavy atom. The summed E-state index contributed by atoms with van der Waals surface area (Å²) in [6, 6.07) is 9.99. The van der Waals surface area contributed by atoms with E-state index in [4.69, 9.17) is 17.3 Å². The molecule has 4 nitrogen and oxygen atoms in total. The van der Waals surface area contributed by atoms with Crippen LogP contribution in [0.3, 0.4) is 0 Å². The number of carbonyl (C=O) groups excluding carboxylic acids is 1. The molecule has 3 rings (SSSR count). The van der Waals surface area contributed by atoms with E-state index >= 15 is 0 Å². The molecule has 0 bridgehead atoms. The van der Waals surface area contributed by atoms with Gasteiger partial charge < -0.3 is 15.7 Å². The predicted molar refractivity (Wildman–Crippen MR) is 109 cm³/mol. The SMILES string of the molecule is CC[C@@H](C)[C@@H](N)C(=O)N1CC(c2cc(Cl)ccc2F)=CC1c1cccc(O)c1. The van der Waals surface area contributed by atoms with Gasteiger partial charge in [0, 0.05) is 17.1 Å². The Morgan fingerprint density at radius 2 is 2.11 bits per heavy atom. The summed E-state index contributed by atoms with van der Waals surface area (Å²) in [6.07, 6.45) is 2.62. The number of halogens is 2. The Labute approximate surface area is 169 Å². The number of carbonyl (C=O) groups is 1. The van der Waals surface area contributed by atoms with E-state index in [1.807, 2.05) is 26.0 Å². The molecule has 1 aliphatic rings. The second kappa shape index (κ2) is 8.33. The minimum absolute atomic E-state index is 0.0179. The van der Waals surface area contributed by atoms with Gasteiger partial charge in [0.1, 0.15) is 11.6 Å². The topological polar surface area (TPSA) is 66.6 Å². The third-order valence-corrected chi connectivity index (χ3v) is 5.58. The first-order valence-corrected chi connectivity index (χ1v) is 9.70. The van der Waals surface area contributed by atoms with E-state index in [2.05, 4.69) is 0 Å². The monoisotopic (exact) mass is 402 g/mol. The fourth-order valence-electron chi connectivity index (χ4n) is 3.42. The van der Waals surface area contributed by atoms with Crippen LogP contribution in [0.2, 0.25) is 5.02 Å². The van der Waals surface area contributed by atoms with Gasteiger partial charge in [0.2, 0.25) is 5.91 Å². The lowest BCUT2D eigenvalue weighted by molar-refractivity contribution is -0.134. The first kappa shape index (κ1) is 20.4. The summed E-state index contributed by atoms with van der Waals surface area (Å²) in [7, 11) is 0. The summed E-state index contributed by atoms with van der Waals surface area (Å²) in [4.78, 5) is 14.8. The molecule has 0 radical (unpaired) electrons. The maximum atomic E-state index is 14.4. The summed E-state index contributed by atoms with van der Waals surface area (Å²) in [6.45, 7) is 4.15. The lowest BCUT2D eigenvalue weighted by Crippen LogP contribution is -2.47. The van der Waals surface area contributed by atoms with Crippen LogP contribution >= 0.6 is 11.6 Å². The number of hydrogen-bond acceptors (Lipinski definition) is 3. The summed E-state index contributed by atoms with van der Waals surface area (Å²) >= 11 is 6.05. The summed E-state index contributed by atoms with van der Waals surface area (Å²) in [5.74, 6) is -0.474. The van der Waals surface area contributed by atoms with Gasteiger partial charge in [-0.2, -0.15) is 0 Å². The summed E-state index contributed by atoms with van der Waals surface area (Å²) < 4.78 is 14.4. The highest BCUT2D eigenvalue weighted by atomic mass is 35.5. The van der Waals surface area contributed by atoms with E-state index in [1.165, 1.54) is 12.1 Å². The number of rotatable bonds is 5. The zero-order valence-corrected chi connectivity index (χ0v) is 16.7. The Hall–Kier alpha value is -2.37. The van der Waals surface area contributed by atoms with Crippen molar-refractivity contribution in [3.63, 3.8) is 0 Å². The molecule has 0 fully saturated rings. The van der Waals surface area contributed by atoms with Crippen molar-refractivity contribution in [1.29, 1.82) is 0 Å². The standard InChI is InChI=1S/C22H24ClFN2O2/c1-3-13(2)21(25)22(28)26-12-15(18-11-16(23)7-8-19(18)24)10-20(26)14-5-4-6-17(27)9-14/h4-11,13,20-21,27H,3,12,25H2,1-2H3/t13-,20?,21-/m1/s1. The minimum Gasteiger partial charge on any atom is -0.508 e. The maximum Gasteiger partial charge on any atom is 0.240 e. The largest absolute Gasteiger partial charge is 0.508 e. The van der Waals surface area contributed by atoms with Gasteiger partial charge in [0.15, 0.2) is 0 Å². The van der Waals surface area contributed by atoms with E-state index in [0.29, 0.717) is 16.2 Å². The number of nitrogens with two attached hydrogens (primary N) is 1. The van der Waals surface area contributed by atoms with Gasteiger partial charge in [-0.25, -0.2) is 4.39 Å². The Morgan fingerprint density at radius 3 is 2.79 bits per heavy atom. The molecule has 2 aromatic carbocycles. The van der Waals surface area contributed by atoms with Crippen LogP contribution < -0.4 is 5.73 Å². The fraction of sp³-hybridized carbons (Fsp3) is 0.318. The first-order valence-electron chi connectivity index (χ1n) is 9.33. The van der Waals surface area contributed by atoms with Crippen LogP contribution in [0.15, 0.2) is 48.5 Å². The smallest absolute Gasteiger partial charge is 0.240 e. The van der Waals surface area contributed by atoms with E-state index < -0.39 is 17.9 Å². The van der Waals surface area contributed by atoms with E-state index in [0.717, 1.165) is 12.0 Å². The number of benzene rings is 2. The lowest BCUT2D eigenvalue weighted by atomic mass is 9.97. The van der Waals surface area contributed by atoms with Crippen molar-refractivity contribution in [1.82, 2.24) is 4.90 Å². The molecular weight excluding hydrogens is 379 g/mol. The van der Waals surface area contributed by atoms with Crippen LogP contribution in [0.1, 0.15) is 37.4 Å². The molecule has 2 aromatic rings. The number of hydrogen-bond donors (Lipinski definition) is 2. The molecule has 1 unspecified atom stereocenters. The van der Waals surface area contributed by atoms with Crippen molar-refractivity contribution in [2.45, 2.75) is 32.4 Å². The minimum atomic E-state index is -0.651. The van der Waals surface area contributed by atoms with Gasteiger partial charge in [-0.3, -0.25) is 4.79 Å². The average Bonchev–Trinajstić information content (AvgIpc) is 3.13. The molecule has 3 N–H and O–H groups in total. The predicted octanol–water partition coefficient (Wildman–Crippen LogP) is 4.53. The maximum absolute atomic E-state index is 14.4. The zero-order valence-electron chi connectivity index (χ0n) is 15.9. The van der Waals surface area contributed by atoms with Crippen molar-refractivity contribution in [3.05, 3.63) is 70.5 Å². The molecule has 28 heavy (non-hydrogen) atoms.